The van der Waals surface area contributed by atoms with Gasteiger partial charge in [-0.25, -0.2) is 9.35 Å². The smallest absolute Gasteiger partial charge is 0.233 e. The van der Waals surface area contributed by atoms with E-state index in [0.29, 0.717) is 5.56 Å². The molecule has 0 saturated carbocycles. The van der Waals surface area contributed by atoms with Crippen molar-refractivity contribution in [1.82, 2.24) is 14.8 Å². The average Bonchev–Trinajstić information content (AvgIpc) is 3.32. The summed E-state index contributed by atoms with van der Waals surface area (Å²) >= 11 is 0. The first-order chi connectivity index (χ1) is 13.3. The van der Waals surface area contributed by atoms with Gasteiger partial charge in [-0.05, 0) is 70.4 Å². The third-order valence-electron chi connectivity index (χ3n) is 5.46. The van der Waals surface area contributed by atoms with Crippen LogP contribution < -0.4 is 10.5 Å². The monoisotopic (exact) mass is 404 g/mol. The quantitative estimate of drug-likeness (QED) is 0.661. The Bertz CT molecular complexity index is 1000. The van der Waals surface area contributed by atoms with Gasteiger partial charge in [-0.2, -0.15) is 9.46 Å². The van der Waals surface area contributed by atoms with E-state index in [2.05, 4.69) is 14.8 Å². The molecule has 0 saturated heterocycles. The van der Waals surface area contributed by atoms with Gasteiger partial charge in [0.15, 0.2) is 14.9 Å². The zero-order valence-electron chi connectivity index (χ0n) is 16.6. The van der Waals surface area contributed by atoms with E-state index in [-0.39, 0.29) is 11.1 Å². The summed E-state index contributed by atoms with van der Waals surface area (Å²) in [5.41, 5.74) is 6.12. The fourth-order valence-electron chi connectivity index (χ4n) is 4.13. The number of nitrogens with two attached hydrogens (primary N) is 1. The molecule has 2 aliphatic rings. The molecule has 2 unspecified atom stereocenters. The van der Waals surface area contributed by atoms with Gasteiger partial charge in [-0.1, -0.05) is 0 Å². The van der Waals surface area contributed by atoms with E-state index in [9.17, 15) is 9.32 Å². The second-order valence-electron chi connectivity index (χ2n) is 7.93. The maximum absolute atomic E-state index is 13.0. The second-order valence-corrected chi connectivity index (χ2v) is 9.66. The molecule has 0 aliphatic heterocycles. The molecule has 2 aliphatic carbocycles. The van der Waals surface area contributed by atoms with Crippen molar-refractivity contribution < 1.29 is 9.32 Å². The first kappa shape index (κ1) is 19.4. The number of pyridine rings is 1. The summed E-state index contributed by atoms with van der Waals surface area (Å²) in [5.74, 6) is 0. The first-order valence-electron chi connectivity index (χ1n) is 9.84. The molecule has 28 heavy (non-hydrogen) atoms. The summed E-state index contributed by atoms with van der Waals surface area (Å²) in [6.45, 7) is 5.76. The topological polar surface area (TPSA) is 118 Å². The van der Waals surface area contributed by atoms with Crippen LogP contribution in [0.5, 0.6) is 0 Å². The van der Waals surface area contributed by atoms with Crippen molar-refractivity contribution >= 4 is 15.6 Å². The van der Waals surface area contributed by atoms with Crippen LogP contribution in [0.15, 0.2) is 15.6 Å². The Morgan fingerprint density at radius 2 is 1.82 bits per heavy atom. The van der Waals surface area contributed by atoms with Gasteiger partial charge in [-0.3, -0.25) is 9.67 Å². The number of hydrogen-bond donors (Lipinski definition) is 3. The molecule has 0 spiro atoms. The van der Waals surface area contributed by atoms with Crippen LogP contribution >= 0.6 is 0 Å². The van der Waals surface area contributed by atoms with Gasteiger partial charge in [0, 0.05) is 34.9 Å². The highest BCUT2D eigenvalue weighted by molar-refractivity contribution is 7.91. The minimum atomic E-state index is -3.34. The van der Waals surface area contributed by atoms with Crippen LogP contribution in [0.2, 0.25) is 0 Å². The Morgan fingerprint density at radius 1 is 1.21 bits per heavy atom. The highest BCUT2D eigenvalue weighted by Gasteiger charge is 2.27. The summed E-state index contributed by atoms with van der Waals surface area (Å²) in [7, 11) is -3.34. The molecule has 0 radical (unpaired) electrons. The van der Waals surface area contributed by atoms with E-state index >= 15 is 0 Å². The van der Waals surface area contributed by atoms with E-state index in [1.54, 1.807) is 17.8 Å². The van der Waals surface area contributed by atoms with Crippen LogP contribution in [0.25, 0.3) is 0 Å². The highest BCUT2D eigenvalue weighted by Crippen LogP contribution is 2.36. The van der Waals surface area contributed by atoms with E-state index in [4.69, 9.17) is 10.1 Å². The van der Waals surface area contributed by atoms with Gasteiger partial charge in [0.1, 0.15) is 0 Å². The number of aromatic nitrogens is 3. The number of nitrogens with zero attached hydrogens (tertiary/aromatic N) is 4. The molecule has 2 aromatic rings. The molecule has 9 heteroatoms. The number of aryl methyl sites for hydroxylation is 3. The molecule has 8 nitrogen and oxygen atoms in total. The fourth-order valence-corrected chi connectivity index (χ4v) is 5.31. The summed E-state index contributed by atoms with van der Waals surface area (Å²) in [6, 6.07) is 0.118. The van der Waals surface area contributed by atoms with Crippen molar-refractivity contribution in [3.05, 3.63) is 34.3 Å². The van der Waals surface area contributed by atoms with E-state index in [1.165, 1.54) is 0 Å². The lowest BCUT2D eigenvalue weighted by Crippen LogP contribution is -2.24. The summed E-state index contributed by atoms with van der Waals surface area (Å²) in [6.07, 6.45) is 6.33. The van der Waals surface area contributed by atoms with Crippen LogP contribution in [0.3, 0.4) is 0 Å². The molecule has 0 bridgehead atoms. The van der Waals surface area contributed by atoms with Crippen molar-refractivity contribution in [2.45, 2.75) is 76.7 Å². The lowest BCUT2D eigenvalue weighted by molar-refractivity contribution is 0.215. The Balaban J connectivity index is 1.67. The molecule has 4 rings (SSSR count). The minimum absolute atomic E-state index is 0.118. The van der Waals surface area contributed by atoms with Gasteiger partial charge in [0.2, 0.25) is 6.35 Å². The van der Waals surface area contributed by atoms with Gasteiger partial charge in [-0.15, -0.1) is 0 Å². The molecule has 0 aromatic carbocycles. The molecule has 2 atom stereocenters. The number of aliphatic hydroxyl groups excluding tert-OH is 1. The number of nitrogens with one attached hydrogen (secondary N) is 1. The first-order valence-corrected chi connectivity index (χ1v) is 11.4. The third-order valence-corrected chi connectivity index (χ3v) is 6.93. The van der Waals surface area contributed by atoms with Gasteiger partial charge >= 0.3 is 0 Å². The second kappa shape index (κ2) is 7.13. The average molecular weight is 405 g/mol. The molecular weight excluding hydrogens is 376 g/mol. The Hall–Kier alpha value is -1.97. The van der Waals surface area contributed by atoms with Crippen LogP contribution in [0.4, 0.5) is 5.69 Å². The molecule has 2 heterocycles. The maximum atomic E-state index is 13.0. The SMILES string of the molecule is Cc1cn(C(C)C)nc1S(N)(=O)=NC(O)Nc1c2c(nc3c1CCC3)CCC2. The van der Waals surface area contributed by atoms with Crippen molar-refractivity contribution in [2.24, 2.45) is 9.50 Å². The van der Waals surface area contributed by atoms with Crippen molar-refractivity contribution in [1.29, 1.82) is 0 Å². The summed E-state index contributed by atoms with van der Waals surface area (Å²) in [4.78, 5) is 4.81. The minimum Gasteiger partial charge on any atom is -0.355 e. The predicted octanol–water partition coefficient (Wildman–Crippen LogP) is 2.23. The van der Waals surface area contributed by atoms with Crippen LogP contribution in [0, 0.1) is 6.92 Å². The molecule has 0 amide bonds. The van der Waals surface area contributed by atoms with Crippen LogP contribution in [-0.2, 0) is 35.6 Å². The zero-order chi connectivity index (χ0) is 20.1. The molecule has 0 fully saturated rings. The van der Waals surface area contributed by atoms with E-state index in [1.807, 2.05) is 13.8 Å². The van der Waals surface area contributed by atoms with Gasteiger partial charge in [0.05, 0.1) is 0 Å². The number of aliphatic hydroxyl groups is 1. The van der Waals surface area contributed by atoms with Gasteiger partial charge < -0.3 is 10.4 Å². The molecule has 2 aromatic heterocycles. The largest absolute Gasteiger partial charge is 0.355 e. The molecular formula is C19H28N6O2S. The highest BCUT2D eigenvalue weighted by atomic mass is 32.2. The molecule has 4 N–H and O–H groups in total. The van der Waals surface area contributed by atoms with Crippen molar-refractivity contribution in [3.63, 3.8) is 0 Å². The lowest BCUT2D eigenvalue weighted by Gasteiger charge is -2.18. The number of hydrogen-bond acceptors (Lipinski definition) is 6. The summed E-state index contributed by atoms with van der Waals surface area (Å²) < 4.78 is 18.8. The van der Waals surface area contributed by atoms with E-state index < -0.39 is 16.3 Å². The molecule has 152 valence electrons. The zero-order valence-corrected chi connectivity index (χ0v) is 17.4. The number of anilines is 1. The Labute approximate surface area is 165 Å². The van der Waals surface area contributed by atoms with Crippen molar-refractivity contribution in [2.75, 3.05) is 5.32 Å². The number of rotatable bonds is 5. The van der Waals surface area contributed by atoms with Crippen molar-refractivity contribution in [3.8, 4) is 0 Å². The van der Waals surface area contributed by atoms with Crippen LogP contribution in [0.1, 0.15) is 60.8 Å². The fraction of sp³-hybridized carbons (Fsp3) is 0.579. The van der Waals surface area contributed by atoms with Gasteiger partial charge in [0.25, 0.3) is 0 Å². The van der Waals surface area contributed by atoms with Crippen LogP contribution in [-0.4, -0.2) is 30.4 Å². The standard InChI is InChI=1S/C19H28N6O2S/c1-11(2)25-10-12(3)18(23-25)28(20,27)24-19(26)22-17-13-6-4-8-15(13)21-16-9-5-7-14(16)17/h10-11,19,26H,4-9H2,1-3H3,(H,21,22)(H2,20,24,27). The summed E-state index contributed by atoms with van der Waals surface area (Å²) in [5, 5.41) is 24.2. The third kappa shape index (κ3) is 3.42. The maximum Gasteiger partial charge on any atom is 0.233 e. The van der Waals surface area contributed by atoms with E-state index in [0.717, 1.165) is 66.7 Å². The Kier molecular flexibility index (Phi) is 4.93. The Morgan fingerprint density at radius 3 is 2.36 bits per heavy atom. The predicted molar refractivity (Wildman–Crippen MR) is 108 cm³/mol. The lowest BCUT2D eigenvalue weighted by atomic mass is 10.1. The normalized spacial score (nSPS) is 18.6. The number of fused-ring (bicyclic) bond motifs is 2.